The largest absolute Gasteiger partial charge is 0.416 e. The second-order valence-electron chi connectivity index (χ2n) is 5.79. The van der Waals surface area contributed by atoms with Crippen LogP contribution in [-0.4, -0.2) is 21.0 Å². The lowest BCUT2D eigenvalue weighted by molar-refractivity contribution is -0.137. The van der Waals surface area contributed by atoms with Gasteiger partial charge in [0.1, 0.15) is 6.17 Å². The van der Waals surface area contributed by atoms with E-state index in [-0.39, 0.29) is 28.2 Å². The molecule has 0 aliphatic rings. The number of halogens is 7. The zero-order valence-electron chi connectivity index (χ0n) is 14.6. The summed E-state index contributed by atoms with van der Waals surface area (Å²) < 4.78 is 36.6. The molecule has 4 nitrogen and oxygen atoms in total. The van der Waals surface area contributed by atoms with Gasteiger partial charge in [-0.2, -0.15) is 13.2 Å². The van der Waals surface area contributed by atoms with Gasteiger partial charge < -0.3 is 16.0 Å². The molecule has 1 aromatic rings. The molecule has 0 aliphatic carbocycles. The third-order valence-corrected chi connectivity index (χ3v) is 4.66. The maximum atomic E-state index is 12.9. The van der Waals surface area contributed by atoms with Crippen LogP contribution >= 0.6 is 58.6 Å². The Kier molecular flexibility index (Phi) is 9.89. The number of rotatable bonds is 7. The summed E-state index contributed by atoms with van der Waals surface area (Å²) in [5, 5.41) is 7.39. The first-order valence-corrected chi connectivity index (χ1v) is 10.1. The number of carbonyl (C=O) groups is 1. The molecule has 0 saturated heterocycles. The Morgan fingerprint density at radius 3 is 2.36 bits per heavy atom. The quantitative estimate of drug-likeness (QED) is 0.186. The lowest BCUT2D eigenvalue weighted by Crippen LogP contribution is -2.56. The predicted molar refractivity (Wildman–Crippen MR) is 112 cm³/mol. The molecule has 0 bridgehead atoms. The van der Waals surface area contributed by atoms with E-state index in [0.717, 1.165) is 31.0 Å². The topological polar surface area (TPSA) is 53.2 Å². The molecule has 3 N–H and O–H groups in total. The van der Waals surface area contributed by atoms with Gasteiger partial charge in [0.05, 0.1) is 16.3 Å². The van der Waals surface area contributed by atoms with Gasteiger partial charge in [-0.1, -0.05) is 66.2 Å². The zero-order chi connectivity index (χ0) is 21.5. The Bertz CT molecular complexity index is 699. The summed E-state index contributed by atoms with van der Waals surface area (Å²) in [6.45, 7) is 1.99. The number of thiocarbonyl (C=S) groups is 1. The highest BCUT2D eigenvalue weighted by molar-refractivity contribution is 7.80. The van der Waals surface area contributed by atoms with Crippen molar-refractivity contribution in [3.63, 3.8) is 0 Å². The fraction of sp³-hybridized carbons (Fsp3) is 0.500. The maximum absolute atomic E-state index is 12.9. The second-order valence-corrected chi connectivity index (χ2v) is 8.97. The molecular weight excluding hydrogens is 481 g/mol. The highest BCUT2D eigenvalue weighted by Crippen LogP contribution is 2.34. The van der Waals surface area contributed by atoms with Crippen LogP contribution in [0.3, 0.4) is 0 Å². The van der Waals surface area contributed by atoms with E-state index in [1.54, 1.807) is 0 Å². The van der Waals surface area contributed by atoms with E-state index in [1.807, 2.05) is 6.92 Å². The molecule has 28 heavy (non-hydrogen) atoms. The Labute approximate surface area is 186 Å². The van der Waals surface area contributed by atoms with E-state index in [9.17, 15) is 18.0 Å². The summed E-state index contributed by atoms with van der Waals surface area (Å²) in [4.78, 5) is 12.0. The van der Waals surface area contributed by atoms with Gasteiger partial charge in [0.15, 0.2) is 5.11 Å². The number of hydrogen-bond donors (Lipinski definition) is 3. The van der Waals surface area contributed by atoms with Crippen LogP contribution in [0.4, 0.5) is 18.9 Å². The Morgan fingerprint density at radius 1 is 1.18 bits per heavy atom. The molecule has 0 fully saturated rings. The van der Waals surface area contributed by atoms with Crippen molar-refractivity contribution in [1.82, 2.24) is 10.6 Å². The van der Waals surface area contributed by atoms with E-state index < -0.39 is 21.7 Å². The minimum Gasteiger partial charge on any atom is -0.339 e. The van der Waals surface area contributed by atoms with Crippen LogP contribution in [0.5, 0.6) is 0 Å². The SMILES string of the molecule is CCCCCC(=O)NC(NC(=S)Nc1cc(C(F)(F)F)ccc1Cl)C(Cl)(Cl)Cl. The minimum absolute atomic E-state index is 0.00573. The van der Waals surface area contributed by atoms with Crippen LogP contribution in [0.25, 0.3) is 0 Å². The molecule has 1 aromatic carbocycles. The standard InChI is InChI=1S/C16H18Cl4F3N3OS/c1-2-3-4-5-12(27)25-13(15(18,19)20)26-14(28)24-11-8-9(16(21,22)23)6-7-10(11)17/h6-8,13H,2-5H2,1H3,(H,25,27)(H2,24,26,28). The van der Waals surface area contributed by atoms with Crippen molar-refractivity contribution >= 4 is 75.3 Å². The van der Waals surface area contributed by atoms with Crippen LogP contribution in [0.15, 0.2) is 18.2 Å². The van der Waals surface area contributed by atoms with E-state index in [4.69, 9.17) is 58.6 Å². The molecule has 0 saturated carbocycles. The van der Waals surface area contributed by atoms with Crippen molar-refractivity contribution in [2.45, 2.75) is 48.7 Å². The van der Waals surface area contributed by atoms with E-state index >= 15 is 0 Å². The lowest BCUT2D eigenvalue weighted by Gasteiger charge is -2.28. The van der Waals surface area contributed by atoms with Gasteiger partial charge in [-0.25, -0.2) is 0 Å². The van der Waals surface area contributed by atoms with Crippen LogP contribution < -0.4 is 16.0 Å². The first-order valence-electron chi connectivity index (χ1n) is 8.15. The molecule has 1 atom stereocenters. The van der Waals surface area contributed by atoms with Crippen LogP contribution in [0.2, 0.25) is 5.02 Å². The van der Waals surface area contributed by atoms with Gasteiger partial charge in [0, 0.05) is 6.42 Å². The van der Waals surface area contributed by atoms with Crippen molar-refractivity contribution in [3.8, 4) is 0 Å². The van der Waals surface area contributed by atoms with Crippen molar-refractivity contribution < 1.29 is 18.0 Å². The molecule has 0 aromatic heterocycles. The average molecular weight is 499 g/mol. The lowest BCUT2D eigenvalue weighted by atomic mass is 10.2. The van der Waals surface area contributed by atoms with Crippen molar-refractivity contribution in [3.05, 3.63) is 28.8 Å². The monoisotopic (exact) mass is 497 g/mol. The smallest absolute Gasteiger partial charge is 0.339 e. The number of amides is 1. The van der Waals surface area contributed by atoms with E-state index in [1.165, 1.54) is 0 Å². The summed E-state index contributed by atoms with van der Waals surface area (Å²) in [7, 11) is 0. The summed E-state index contributed by atoms with van der Waals surface area (Å²) in [5.74, 6) is -0.364. The number of anilines is 1. The first-order chi connectivity index (χ1) is 12.8. The van der Waals surface area contributed by atoms with Crippen LogP contribution in [0, 0.1) is 0 Å². The third kappa shape index (κ3) is 8.78. The van der Waals surface area contributed by atoms with Crippen molar-refractivity contribution in [2.24, 2.45) is 0 Å². The number of unbranched alkanes of at least 4 members (excludes halogenated alkanes) is 2. The Hall–Kier alpha value is -0.670. The molecule has 1 unspecified atom stereocenters. The first kappa shape index (κ1) is 25.4. The fourth-order valence-electron chi connectivity index (χ4n) is 2.06. The highest BCUT2D eigenvalue weighted by atomic mass is 35.6. The van der Waals surface area contributed by atoms with E-state index in [2.05, 4.69) is 16.0 Å². The highest BCUT2D eigenvalue weighted by Gasteiger charge is 2.35. The Balaban J connectivity index is 2.83. The number of hydrogen-bond acceptors (Lipinski definition) is 2. The van der Waals surface area contributed by atoms with Crippen molar-refractivity contribution in [1.29, 1.82) is 0 Å². The zero-order valence-corrected chi connectivity index (χ0v) is 18.4. The number of carbonyl (C=O) groups excluding carboxylic acids is 1. The summed E-state index contributed by atoms with van der Waals surface area (Å²) in [5.41, 5.74) is -1.00. The van der Waals surface area contributed by atoms with Gasteiger partial charge in [0.25, 0.3) is 0 Å². The summed E-state index contributed by atoms with van der Waals surface area (Å²) >= 11 is 28.5. The van der Waals surface area contributed by atoms with Crippen LogP contribution in [0.1, 0.15) is 38.2 Å². The molecular formula is C16H18Cl4F3N3OS. The minimum atomic E-state index is -4.55. The molecule has 158 valence electrons. The van der Waals surface area contributed by atoms with Gasteiger partial charge >= 0.3 is 6.18 Å². The predicted octanol–water partition coefficient (Wildman–Crippen LogP) is 6.04. The van der Waals surface area contributed by atoms with Crippen molar-refractivity contribution in [2.75, 3.05) is 5.32 Å². The third-order valence-electron chi connectivity index (χ3n) is 3.46. The number of alkyl halides is 6. The average Bonchev–Trinajstić information content (AvgIpc) is 2.54. The fourth-order valence-corrected chi connectivity index (χ4v) is 2.78. The van der Waals surface area contributed by atoms with Gasteiger partial charge in [-0.3, -0.25) is 4.79 Å². The van der Waals surface area contributed by atoms with E-state index in [0.29, 0.717) is 6.42 Å². The molecule has 0 heterocycles. The Morgan fingerprint density at radius 2 is 1.82 bits per heavy atom. The summed E-state index contributed by atoms with van der Waals surface area (Å²) in [6.07, 6.45) is -3.07. The number of benzene rings is 1. The molecule has 1 amide bonds. The molecule has 0 spiro atoms. The second kappa shape index (κ2) is 10.9. The summed E-state index contributed by atoms with van der Waals surface area (Å²) in [6, 6.07) is 2.71. The van der Waals surface area contributed by atoms with Gasteiger partial charge in [0.2, 0.25) is 9.70 Å². The molecule has 0 radical (unpaired) electrons. The van der Waals surface area contributed by atoms with Crippen LogP contribution in [-0.2, 0) is 11.0 Å². The normalized spacial score (nSPS) is 13.0. The maximum Gasteiger partial charge on any atom is 0.416 e. The van der Waals surface area contributed by atoms with Gasteiger partial charge in [-0.15, -0.1) is 0 Å². The molecule has 0 aliphatic heterocycles. The molecule has 12 heteroatoms. The number of nitrogens with one attached hydrogen (secondary N) is 3. The molecule has 1 rings (SSSR count). The van der Waals surface area contributed by atoms with Gasteiger partial charge in [-0.05, 0) is 36.8 Å².